The van der Waals surface area contributed by atoms with Crippen molar-refractivity contribution in [3.63, 3.8) is 0 Å². The zero-order valence-electron chi connectivity index (χ0n) is 12.2. The Bertz CT molecular complexity index is 690. The highest BCUT2D eigenvalue weighted by Crippen LogP contribution is 2.21. The van der Waals surface area contributed by atoms with Crippen molar-refractivity contribution in [2.45, 2.75) is 26.3 Å². The number of aromatic amines is 1. The molecule has 5 heteroatoms. The topological polar surface area (TPSA) is 65.2 Å². The number of fused-ring (bicyclic) bond motifs is 1. The highest BCUT2D eigenvalue weighted by Gasteiger charge is 2.38. The highest BCUT2D eigenvalue weighted by atomic mass is 16.2. The van der Waals surface area contributed by atoms with E-state index in [4.69, 9.17) is 0 Å². The van der Waals surface area contributed by atoms with E-state index in [2.05, 4.69) is 10.3 Å². The third-order valence-electron chi connectivity index (χ3n) is 3.75. The number of H-pyrrole nitrogens is 1. The second kappa shape index (κ2) is 5.24. The Kier molecular flexibility index (Phi) is 3.41. The van der Waals surface area contributed by atoms with Crippen molar-refractivity contribution >= 4 is 22.8 Å². The van der Waals surface area contributed by atoms with Gasteiger partial charge in [0.15, 0.2) is 0 Å². The fourth-order valence-corrected chi connectivity index (χ4v) is 2.77. The van der Waals surface area contributed by atoms with Gasteiger partial charge in [-0.15, -0.1) is 0 Å². The summed E-state index contributed by atoms with van der Waals surface area (Å²) in [5, 5.41) is 3.88. The zero-order valence-corrected chi connectivity index (χ0v) is 12.2. The number of carbonyl (C=O) groups excluding carboxylic acids is 2. The smallest absolute Gasteiger partial charge is 0.324 e. The molecule has 2 aromatic rings. The minimum atomic E-state index is -0.463. The fourth-order valence-electron chi connectivity index (χ4n) is 2.77. The van der Waals surface area contributed by atoms with E-state index in [1.807, 2.05) is 44.3 Å². The van der Waals surface area contributed by atoms with Gasteiger partial charge in [0.05, 0.1) is 0 Å². The van der Waals surface area contributed by atoms with Crippen LogP contribution in [0.5, 0.6) is 0 Å². The molecule has 1 atom stereocenters. The third-order valence-corrected chi connectivity index (χ3v) is 3.75. The predicted molar refractivity (Wildman–Crippen MR) is 80.9 cm³/mol. The molecule has 1 aromatic carbocycles. The summed E-state index contributed by atoms with van der Waals surface area (Å²) < 4.78 is 0. The van der Waals surface area contributed by atoms with Crippen LogP contribution in [0.25, 0.3) is 10.9 Å². The van der Waals surface area contributed by atoms with Gasteiger partial charge in [0.1, 0.15) is 6.04 Å². The lowest BCUT2D eigenvalue weighted by Gasteiger charge is -2.15. The molecular weight excluding hydrogens is 266 g/mol. The number of imide groups is 1. The predicted octanol–water partition coefficient (Wildman–Crippen LogP) is 2.29. The SMILES string of the molecule is CC(C)CN1C(=O)NC(Cc2c[nH]c3ccccc23)C1=O. The minimum absolute atomic E-state index is 0.126. The first-order chi connectivity index (χ1) is 10.1. The molecule has 2 N–H and O–H groups in total. The summed E-state index contributed by atoms with van der Waals surface area (Å²) in [7, 11) is 0. The largest absolute Gasteiger partial charge is 0.361 e. The molecule has 1 aliphatic heterocycles. The highest BCUT2D eigenvalue weighted by molar-refractivity contribution is 6.04. The van der Waals surface area contributed by atoms with Crippen molar-refractivity contribution in [3.8, 4) is 0 Å². The standard InChI is InChI=1S/C16H19N3O2/c1-10(2)9-19-15(20)14(18-16(19)21)7-11-8-17-13-6-4-3-5-12(11)13/h3-6,8,10,14,17H,7,9H2,1-2H3,(H,18,21). The molecule has 0 saturated carbocycles. The van der Waals surface area contributed by atoms with Gasteiger partial charge >= 0.3 is 6.03 Å². The van der Waals surface area contributed by atoms with Crippen molar-refractivity contribution in [2.24, 2.45) is 5.92 Å². The van der Waals surface area contributed by atoms with Crippen LogP contribution in [0.1, 0.15) is 19.4 Å². The number of aromatic nitrogens is 1. The van der Waals surface area contributed by atoms with E-state index in [1.165, 1.54) is 4.90 Å². The number of carbonyl (C=O) groups is 2. The Morgan fingerprint density at radius 2 is 2.00 bits per heavy atom. The Morgan fingerprint density at radius 3 is 2.76 bits per heavy atom. The summed E-state index contributed by atoms with van der Waals surface area (Å²) >= 11 is 0. The van der Waals surface area contributed by atoms with Crippen molar-refractivity contribution in [3.05, 3.63) is 36.0 Å². The Hall–Kier alpha value is -2.30. The first-order valence-corrected chi connectivity index (χ1v) is 7.23. The van der Waals surface area contributed by atoms with Crippen LogP contribution in [-0.2, 0) is 11.2 Å². The summed E-state index contributed by atoms with van der Waals surface area (Å²) in [6.07, 6.45) is 2.43. The summed E-state index contributed by atoms with van der Waals surface area (Å²) in [6.45, 7) is 4.45. The molecule has 2 heterocycles. The quantitative estimate of drug-likeness (QED) is 0.846. The van der Waals surface area contributed by atoms with Crippen LogP contribution in [0.15, 0.2) is 30.5 Å². The Balaban J connectivity index is 1.79. The van der Waals surface area contributed by atoms with E-state index in [1.54, 1.807) is 0 Å². The maximum atomic E-state index is 12.3. The zero-order chi connectivity index (χ0) is 15.0. The van der Waals surface area contributed by atoms with Gasteiger partial charge in [0.25, 0.3) is 5.91 Å². The van der Waals surface area contributed by atoms with Gasteiger partial charge in [-0.2, -0.15) is 0 Å². The van der Waals surface area contributed by atoms with E-state index < -0.39 is 6.04 Å². The first-order valence-electron chi connectivity index (χ1n) is 7.23. The normalized spacial score (nSPS) is 18.8. The first kappa shape index (κ1) is 13.7. The van der Waals surface area contributed by atoms with Gasteiger partial charge in [0, 0.05) is 30.1 Å². The third kappa shape index (κ3) is 2.51. The second-order valence-electron chi connectivity index (χ2n) is 5.91. The monoisotopic (exact) mass is 285 g/mol. The molecular formula is C16H19N3O2. The maximum Gasteiger partial charge on any atom is 0.324 e. The summed E-state index contributed by atoms with van der Waals surface area (Å²) in [5.74, 6) is 0.144. The molecule has 5 nitrogen and oxygen atoms in total. The number of nitrogens with one attached hydrogen (secondary N) is 2. The van der Waals surface area contributed by atoms with Crippen molar-refractivity contribution in [1.82, 2.24) is 15.2 Å². The van der Waals surface area contributed by atoms with Gasteiger partial charge < -0.3 is 10.3 Å². The van der Waals surface area contributed by atoms with Gasteiger partial charge in [-0.3, -0.25) is 9.69 Å². The van der Waals surface area contributed by atoms with Crippen molar-refractivity contribution in [1.29, 1.82) is 0 Å². The van der Waals surface area contributed by atoms with E-state index in [0.29, 0.717) is 13.0 Å². The molecule has 3 rings (SSSR count). The lowest BCUT2D eigenvalue weighted by molar-refractivity contribution is -0.127. The number of nitrogens with zero attached hydrogens (tertiary/aromatic N) is 1. The molecule has 3 amide bonds. The van der Waals surface area contributed by atoms with E-state index in [9.17, 15) is 9.59 Å². The molecule has 1 saturated heterocycles. The number of urea groups is 1. The molecule has 0 bridgehead atoms. The molecule has 1 fully saturated rings. The van der Waals surface area contributed by atoms with Crippen molar-refractivity contribution in [2.75, 3.05) is 6.54 Å². The van der Waals surface area contributed by atoms with Crippen LogP contribution in [0.4, 0.5) is 4.79 Å². The molecule has 1 aliphatic rings. The van der Waals surface area contributed by atoms with Crippen LogP contribution in [-0.4, -0.2) is 34.4 Å². The van der Waals surface area contributed by atoms with Crippen LogP contribution in [0.3, 0.4) is 0 Å². The van der Waals surface area contributed by atoms with Crippen molar-refractivity contribution < 1.29 is 9.59 Å². The second-order valence-corrected chi connectivity index (χ2v) is 5.91. The summed E-state index contributed by atoms with van der Waals surface area (Å²) in [5.41, 5.74) is 2.10. The molecule has 110 valence electrons. The average molecular weight is 285 g/mol. The molecule has 0 spiro atoms. The van der Waals surface area contributed by atoms with Gasteiger partial charge in [0.2, 0.25) is 0 Å². The van der Waals surface area contributed by atoms with E-state index in [-0.39, 0.29) is 17.9 Å². The van der Waals surface area contributed by atoms with E-state index in [0.717, 1.165) is 16.5 Å². The van der Waals surface area contributed by atoms with Gasteiger partial charge in [-0.25, -0.2) is 4.79 Å². The van der Waals surface area contributed by atoms with Gasteiger partial charge in [-0.1, -0.05) is 32.0 Å². The maximum absolute atomic E-state index is 12.3. The van der Waals surface area contributed by atoms with Crippen LogP contribution >= 0.6 is 0 Å². The molecule has 1 aromatic heterocycles. The summed E-state index contributed by atoms with van der Waals surface area (Å²) in [4.78, 5) is 28.8. The van der Waals surface area contributed by atoms with Crippen LogP contribution in [0.2, 0.25) is 0 Å². The van der Waals surface area contributed by atoms with Gasteiger partial charge in [-0.05, 0) is 17.5 Å². The molecule has 21 heavy (non-hydrogen) atoms. The number of benzene rings is 1. The fraction of sp³-hybridized carbons (Fsp3) is 0.375. The Morgan fingerprint density at radius 1 is 1.24 bits per heavy atom. The molecule has 1 unspecified atom stereocenters. The molecule has 0 radical (unpaired) electrons. The number of hydrogen-bond donors (Lipinski definition) is 2. The lowest BCUT2D eigenvalue weighted by atomic mass is 10.0. The number of para-hydroxylation sites is 1. The van der Waals surface area contributed by atoms with E-state index >= 15 is 0 Å². The minimum Gasteiger partial charge on any atom is -0.361 e. The lowest BCUT2D eigenvalue weighted by Crippen LogP contribution is -2.35. The number of rotatable bonds is 4. The number of amides is 3. The average Bonchev–Trinajstić information content (AvgIpc) is 2.96. The summed E-state index contributed by atoms with van der Waals surface area (Å²) in [6, 6.07) is 7.22. The van der Waals surface area contributed by atoms with Crippen LogP contribution < -0.4 is 5.32 Å². The number of hydrogen-bond acceptors (Lipinski definition) is 2. The Labute approximate surface area is 123 Å². The molecule has 0 aliphatic carbocycles. The van der Waals surface area contributed by atoms with Crippen LogP contribution in [0, 0.1) is 5.92 Å².